The van der Waals surface area contributed by atoms with E-state index in [0.717, 1.165) is 16.9 Å². The third-order valence-corrected chi connectivity index (χ3v) is 4.60. The molecule has 0 N–H and O–H groups in total. The van der Waals surface area contributed by atoms with Crippen LogP contribution in [-0.4, -0.2) is 22.1 Å². The molecule has 0 aliphatic carbocycles. The lowest BCUT2D eigenvalue weighted by Crippen LogP contribution is -2.21. The highest BCUT2D eigenvalue weighted by atomic mass is 16.5. The summed E-state index contributed by atoms with van der Waals surface area (Å²) in [7, 11) is 0. The topological polar surface area (TPSA) is 91.7 Å². The Morgan fingerprint density at radius 1 is 1.14 bits per heavy atom. The molecule has 1 aromatic heterocycles. The number of aryl methyl sites for hydroxylation is 2. The number of ether oxygens (including phenoxy) is 1. The van der Waals surface area contributed by atoms with Crippen molar-refractivity contribution >= 4 is 17.0 Å². The smallest absolute Gasteiger partial charge is 0.328 e. The van der Waals surface area contributed by atoms with Crippen LogP contribution in [0.4, 0.5) is 0 Å². The lowest BCUT2D eigenvalue weighted by atomic mass is 10.1. The Balaban J connectivity index is 1.99. The van der Waals surface area contributed by atoms with Gasteiger partial charge in [-0.2, -0.15) is 10.5 Å². The first-order valence-corrected chi connectivity index (χ1v) is 9.14. The fraction of sp³-hybridized carbons (Fsp3) is 0.273. The molecule has 0 aliphatic heterocycles. The molecule has 2 aromatic carbocycles. The van der Waals surface area contributed by atoms with Gasteiger partial charge in [-0.15, -0.1) is 0 Å². The molecule has 1 atom stereocenters. The number of aromatic nitrogens is 2. The quantitative estimate of drug-likeness (QED) is 0.615. The maximum Gasteiger partial charge on any atom is 0.328 e. The lowest BCUT2D eigenvalue weighted by molar-refractivity contribution is -0.146. The molecule has 1 unspecified atom stereocenters. The van der Waals surface area contributed by atoms with Gasteiger partial charge in [-0.25, -0.2) is 9.78 Å². The highest BCUT2D eigenvalue weighted by Gasteiger charge is 2.22. The average molecular weight is 372 g/mol. The summed E-state index contributed by atoms with van der Waals surface area (Å²) >= 11 is 0. The molecule has 140 valence electrons. The van der Waals surface area contributed by atoms with Crippen molar-refractivity contribution in [2.75, 3.05) is 6.61 Å². The summed E-state index contributed by atoms with van der Waals surface area (Å²) in [6.07, 6.45) is 1.27. The van der Waals surface area contributed by atoms with E-state index in [4.69, 9.17) is 15.3 Å². The number of hydrogen-bond acceptors (Lipinski definition) is 5. The van der Waals surface area contributed by atoms with E-state index < -0.39 is 6.04 Å². The fourth-order valence-electron chi connectivity index (χ4n) is 3.25. The highest BCUT2D eigenvalue weighted by Crippen LogP contribution is 2.24. The largest absolute Gasteiger partial charge is 0.464 e. The van der Waals surface area contributed by atoms with Gasteiger partial charge in [0, 0.05) is 6.42 Å². The van der Waals surface area contributed by atoms with Crippen molar-refractivity contribution in [1.82, 2.24) is 9.55 Å². The number of hydrogen-bond donors (Lipinski definition) is 0. The lowest BCUT2D eigenvalue weighted by Gasteiger charge is -2.16. The van der Waals surface area contributed by atoms with Gasteiger partial charge in [0.05, 0.1) is 40.9 Å². The minimum Gasteiger partial charge on any atom is -0.464 e. The normalized spacial score (nSPS) is 11.6. The minimum absolute atomic E-state index is 0.310. The Hall–Kier alpha value is -3.64. The van der Waals surface area contributed by atoms with Crippen LogP contribution in [0.1, 0.15) is 42.4 Å². The molecular formula is C22H20N4O2. The van der Waals surface area contributed by atoms with Crippen molar-refractivity contribution < 1.29 is 9.53 Å². The summed E-state index contributed by atoms with van der Waals surface area (Å²) in [6.45, 7) is 3.88. The highest BCUT2D eigenvalue weighted by molar-refractivity contribution is 5.82. The molecule has 0 aliphatic rings. The standard InChI is InChI=1S/C22H20N4O2/c1-3-28-22(27)15(2)26-20-9-7-18(14-24)12-19(20)25-21(26)10-8-16-5-4-6-17(11-16)13-23/h4-7,9,11-12,15H,3,8,10H2,1-2H3. The van der Waals surface area contributed by atoms with Gasteiger partial charge < -0.3 is 9.30 Å². The van der Waals surface area contributed by atoms with E-state index in [1.165, 1.54) is 0 Å². The fourth-order valence-corrected chi connectivity index (χ4v) is 3.25. The zero-order valence-electron chi connectivity index (χ0n) is 15.8. The second-order valence-corrected chi connectivity index (χ2v) is 6.45. The Kier molecular flexibility index (Phi) is 5.72. The monoisotopic (exact) mass is 372 g/mol. The third-order valence-electron chi connectivity index (χ3n) is 4.60. The summed E-state index contributed by atoms with van der Waals surface area (Å²) in [5.74, 6) is 0.423. The summed E-state index contributed by atoms with van der Waals surface area (Å²) in [5.41, 5.74) is 3.63. The van der Waals surface area contributed by atoms with E-state index in [2.05, 4.69) is 17.1 Å². The molecule has 28 heavy (non-hydrogen) atoms. The molecule has 0 saturated heterocycles. The van der Waals surface area contributed by atoms with Crippen LogP contribution in [0, 0.1) is 22.7 Å². The molecule has 0 fully saturated rings. The van der Waals surface area contributed by atoms with E-state index >= 15 is 0 Å². The van der Waals surface area contributed by atoms with Crippen molar-refractivity contribution in [2.45, 2.75) is 32.7 Å². The van der Waals surface area contributed by atoms with Gasteiger partial charge in [-0.3, -0.25) is 0 Å². The zero-order chi connectivity index (χ0) is 20.1. The molecule has 3 aromatic rings. The Bertz CT molecular complexity index is 1100. The van der Waals surface area contributed by atoms with Crippen LogP contribution in [0.2, 0.25) is 0 Å². The van der Waals surface area contributed by atoms with Crippen molar-refractivity contribution in [3.8, 4) is 12.1 Å². The third kappa shape index (κ3) is 3.87. The van der Waals surface area contributed by atoms with E-state index in [-0.39, 0.29) is 5.97 Å². The molecule has 3 rings (SSSR count). The van der Waals surface area contributed by atoms with Gasteiger partial charge in [-0.05, 0) is 56.2 Å². The molecule has 0 radical (unpaired) electrons. The molecule has 0 amide bonds. The first-order chi connectivity index (χ1) is 13.6. The van der Waals surface area contributed by atoms with Gasteiger partial charge in [0.1, 0.15) is 11.9 Å². The Morgan fingerprint density at radius 3 is 2.61 bits per heavy atom. The molecular weight excluding hydrogens is 352 g/mol. The van der Waals surface area contributed by atoms with Gasteiger partial charge in [0.15, 0.2) is 0 Å². The van der Waals surface area contributed by atoms with E-state index in [9.17, 15) is 4.79 Å². The predicted molar refractivity (Wildman–Crippen MR) is 104 cm³/mol. The number of fused-ring (bicyclic) bond motifs is 1. The van der Waals surface area contributed by atoms with E-state index in [1.807, 2.05) is 28.8 Å². The molecule has 0 bridgehead atoms. The number of esters is 1. The molecule has 6 nitrogen and oxygen atoms in total. The van der Waals surface area contributed by atoms with Crippen LogP contribution in [0.15, 0.2) is 42.5 Å². The molecule has 1 heterocycles. The van der Waals surface area contributed by atoms with E-state index in [1.54, 1.807) is 32.0 Å². The van der Waals surface area contributed by atoms with Crippen LogP contribution < -0.4 is 0 Å². The molecule has 0 saturated carbocycles. The van der Waals surface area contributed by atoms with Gasteiger partial charge in [0.2, 0.25) is 0 Å². The SMILES string of the molecule is CCOC(=O)C(C)n1c(CCc2cccc(C#N)c2)nc2cc(C#N)ccc21. The van der Waals surface area contributed by atoms with Gasteiger partial charge in [-0.1, -0.05) is 12.1 Å². The average Bonchev–Trinajstić information content (AvgIpc) is 3.09. The predicted octanol–water partition coefficient (Wildman–Crippen LogP) is 3.69. The van der Waals surface area contributed by atoms with Crippen LogP contribution >= 0.6 is 0 Å². The Labute approximate surface area is 163 Å². The van der Waals surface area contributed by atoms with Crippen LogP contribution in [0.3, 0.4) is 0 Å². The van der Waals surface area contributed by atoms with Crippen LogP contribution in [0.25, 0.3) is 11.0 Å². The Morgan fingerprint density at radius 2 is 1.89 bits per heavy atom. The van der Waals surface area contributed by atoms with Crippen LogP contribution in [0.5, 0.6) is 0 Å². The van der Waals surface area contributed by atoms with Crippen molar-refractivity contribution in [3.05, 3.63) is 65.0 Å². The number of nitriles is 2. The number of carbonyl (C=O) groups is 1. The zero-order valence-corrected chi connectivity index (χ0v) is 15.8. The van der Waals surface area contributed by atoms with Gasteiger partial charge in [0.25, 0.3) is 0 Å². The first kappa shape index (κ1) is 19.1. The van der Waals surface area contributed by atoms with Gasteiger partial charge >= 0.3 is 5.97 Å². The summed E-state index contributed by atoms with van der Waals surface area (Å²) in [4.78, 5) is 17.0. The summed E-state index contributed by atoms with van der Waals surface area (Å²) in [6, 6.07) is 16.5. The second-order valence-electron chi connectivity index (χ2n) is 6.45. The first-order valence-electron chi connectivity index (χ1n) is 9.14. The number of imidazole rings is 1. The maximum atomic E-state index is 12.4. The molecule has 6 heteroatoms. The number of carbonyl (C=O) groups excluding carboxylic acids is 1. The van der Waals surface area contributed by atoms with Crippen LogP contribution in [-0.2, 0) is 22.4 Å². The maximum absolute atomic E-state index is 12.4. The number of rotatable bonds is 6. The van der Waals surface area contributed by atoms with Crippen molar-refractivity contribution in [1.29, 1.82) is 10.5 Å². The second kappa shape index (κ2) is 8.37. The number of nitrogens with zero attached hydrogens (tertiary/aromatic N) is 4. The van der Waals surface area contributed by atoms with Crippen molar-refractivity contribution in [3.63, 3.8) is 0 Å². The summed E-state index contributed by atoms with van der Waals surface area (Å²) in [5, 5.41) is 18.2. The summed E-state index contributed by atoms with van der Waals surface area (Å²) < 4.78 is 7.07. The molecule has 0 spiro atoms. The number of benzene rings is 2. The van der Waals surface area contributed by atoms with Crippen molar-refractivity contribution in [2.24, 2.45) is 0 Å². The minimum atomic E-state index is -0.529. The van der Waals surface area contributed by atoms with E-state index in [0.29, 0.717) is 36.1 Å².